The second-order valence-electron chi connectivity index (χ2n) is 3.34. The smallest absolute Gasteiger partial charge is 0.165 e. The average Bonchev–Trinajstić information content (AvgIpc) is 2.68. The van der Waals surface area contributed by atoms with Crippen molar-refractivity contribution in [2.24, 2.45) is 0 Å². The third-order valence-corrected chi connectivity index (χ3v) is 2.98. The van der Waals surface area contributed by atoms with Crippen LogP contribution >= 0.6 is 11.3 Å². The maximum absolute atomic E-state index is 13.4. The molecule has 0 radical (unpaired) electrons. The fourth-order valence-corrected chi connectivity index (χ4v) is 2.03. The highest BCUT2D eigenvalue weighted by molar-refractivity contribution is 7.09. The number of aliphatic hydroxyl groups is 1. The summed E-state index contributed by atoms with van der Waals surface area (Å²) in [5.74, 6) is -2.00. The minimum absolute atomic E-state index is 0.0923. The Balaban J connectivity index is 2.41. The van der Waals surface area contributed by atoms with Crippen LogP contribution in [-0.2, 0) is 0 Å². The van der Waals surface area contributed by atoms with E-state index in [-0.39, 0.29) is 5.56 Å². The Morgan fingerprint density at radius 2 is 2.12 bits per heavy atom. The molecular formula is C11H9F2NOS. The summed E-state index contributed by atoms with van der Waals surface area (Å²) in [6, 6.07) is 3.71. The van der Waals surface area contributed by atoms with Crippen molar-refractivity contribution in [3.8, 4) is 0 Å². The van der Waals surface area contributed by atoms with Crippen molar-refractivity contribution in [2.45, 2.75) is 13.0 Å². The lowest BCUT2D eigenvalue weighted by Gasteiger charge is -2.09. The molecule has 16 heavy (non-hydrogen) atoms. The first-order valence-corrected chi connectivity index (χ1v) is 5.51. The lowest BCUT2D eigenvalue weighted by atomic mass is 10.1. The van der Waals surface area contributed by atoms with Crippen LogP contribution in [0.3, 0.4) is 0 Å². The van der Waals surface area contributed by atoms with Gasteiger partial charge in [0.25, 0.3) is 0 Å². The second-order valence-corrected chi connectivity index (χ2v) is 4.40. The number of thiazole rings is 1. The summed E-state index contributed by atoms with van der Waals surface area (Å²) in [7, 11) is 0. The van der Waals surface area contributed by atoms with Crippen LogP contribution in [0, 0.1) is 18.6 Å². The normalized spacial score (nSPS) is 12.8. The summed E-state index contributed by atoms with van der Waals surface area (Å²) in [6.45, 7) is 1.78. The van der Waals surface area contributed by atoms with E-state index < -0.39 is 17.7 Å². The number of benzene rings is 1. The summed E-state index contributed by atoms with van der Waals surface area (Å²) in [5.41, 5.74) is 0.248. The van der Waals surface area contributed by atoms with E-state index in [1.165, 1.54) is 23.5 Å². The van der Waals surface area contributed by atoms with Crippen LogP contribution in [0.1, 0.15) is 22.4 Å². The fraction of sp³-hybridized carbons (Fsp3) is 0.182. The number of halogens is 2. The van der Waals surface area contributed by atoms with Gasteiger partial charge >= 0.3 is 0 Å². The van der Waals surface area contributed by atoms with E-state index in [9.17, 15) is 13.9 Å². The Bertz CT molecular complexity index is 512. The number of aromatic nitrogens is 1. The van der Waals surface area contributed by atoms with Crippen LogP contribution in [0.5, 0.6) is 0 Å². The quantitative estimate of drug-likeness (QED) is 0.877. The minimum atomic E-state index is -1.22. The summed E-state index contributed by atoms with van der Waals surface area (Å²) in [5, 5.41) is 12.2. The zero-order valence-electron chi connectivity index (χ0n) is 8.45. The van der Waals surface area contributed by atoms with Gasteiger partial charge in [0.15, 0.2) is 11.6 Å². The SMILES string of the molecule is Cc1nc(C(O)c2cccc(F)c2F)cs1. The van der Waals surface area contributed by atoms with Gasteiger partial charge in [-0.2, -0.15) is 0 Å². The lowest BCUT2D eigenvalue weighted by molar-refractivity contribution is 0.209. The molecule has 0 saturated heterocycles. The van der Waals surface area contributed by atoms with Crippen LogP contribution in [0.15, 0.2) is 23.6 Å². The van der Waals surface area contributed by atoms with Gasteiger partial charge in [0, 0.05) is 10.9 Å². The molecule has 2 rings (SSSR count). The van der Waals surface area contributed by atoms with Gasteiger partial charge in [-0.15, -0.1) is 11.3 Å². The van der Waals surface area contributed by atoms with Gasteiger partial charge in [-0.25, -0.2) is 13.8 Å². The maximum atomic E-state index is 13.4. The molecule has 0 aliphatic carbocycles. The number of hydrogen-bond donors (Lipinski definition) is 1. The standard InChI is InChI=1S/C11H9F2NOS/c1-6-14-9(5-16-6)11(15)7-3-2-4-8(12)10(7)13/h2-5,11,15H,1H3. The summed E-state index contributed by atoms with van der Waals surface area (Å²) < 4.78 is 26.3. The molecule has 0 bridgehead atoms. The van der Waals surface area contributed by atoms with Crippen LogP contribution in [0.25, 0.3) is 0 Å². The van der Waals surface area contributed by atoms with Crippen LogP contribution in [-0.4, -0.2) is 10.1 Å². The topological polar surface area (TPSA) is 33.1 Å². The molecule has 1 aromatic carbocycles. The van der Waals surface area contributed by atoms with E-state index >= 15 is 0 Å². The third-order valence-electron chi connectivity index (χ3n) is 2.19. The molecular weight excluding hydrogens is 232 g/mol. The Morgan fingerprint density at radius 1 is 1.38 bits per heavy atom. The third kappa shape index (κ3) is 1.96. The van der Waals surface area contributed by atoms with Crippen molar-refractivity contribution in [3.63, 3.8) is 0 Å². The molecule has 0 aliphatic rings. The number of hydrogen-bond acceptors (Lipinski definition) is 3. The average molecular weight is 241 g/mol. The second kappa shape index (κ2) is 4.27. The molecule has 5 heteroatoms. The lowest BCUT2D eigenvalue weighted by Crippen LogP contribution is -2.04. The molecule has 1 aromatic heterocycles. The number of aliphatic hydroxyl groups excluding tert-OH is 1. The molecule has 1 unspecified atom stereocenters. The number of rotatable bonds is 2. The highest BCUT2D eigenvalue weighted by Crippen LogP contribution is 2.26. The van der Waals surface area contributed by atoms with E-state index in [4.69, 9.17) is 0 Å². The zero-order valence-corrected chi connectivity index (χ0v) is 9.26. The van der Waals surface area contributed by atoms with Crippen molar-refractivity contribution >= 4 is 11.3 Å². The number of aryl methyl sites for hydroxylation is 1. The first kappa shape index (κ1) is 11.2. The van der Waals surface area contributed by atoms with E-state index in [1.54, 1.807) is 12.3 Å². The Hall–Kier alpha value is -1.33. The molecule has 1 N–H and O–H groups in total. The fourth-order valence-electron chi connectivity index (χ4n) is 1.40. The monoisotopic (exact) mass is 241 g/mol. The molecule has 0 saturated carbocycles. The highest BCUT2D eigenvalue weighted by Gasteiger charge is 2.19. The van der Waals surface area contributed by atoms with Crippen LogP contribution in [0.2, 0.25) is 0 Å². The van der Waals surface area contributed by atoms with E-state index in [2.05, 4.69) is 4.98 Å². The van der Waals surface area contributed by atoms with Gasteiger partial charge in [0.2, 0.25) is 0 Å². The molecule has 2 aromatic rings. The van der Waals surface area contributed by atoms with E-state index in [0.717, 1.165) is 11.1 Å². The molecule has 0 spiro atoms. The molecule has 0 fully saturated rings. The Morgan fingerprint density at radius 3 is 2.75 bits per heavy atom. The van der Waals surface area contributed by atoms with Gasteiger partial charge in [-0.1, -0.05) is 12.1 Å². The largest absolute Gasteiger partial charge is 0.382 e. The molecule has 2 nitrogen and oxygen atoms in total. The Kier molecular flexibility index (Phi) is 2.98. The van der Waals surface area contributed by atoms with Crippen molar-refractivity contribution in [1.29, 1.82) is 0 Å². The predicted octanol–water partition coefficient (Wildman–Crippen LogP) is 2.81. The van der Waals surface area contributed by atoms with Crippen LogP contribution in [0.4, 0.5) is 8.78 Å². The predicted molar refractivity (Wildman–Crippen MR) is 57.3 cm³/mol. The van der Waals surface area contributed by atoms with Crippen LogP contribution < -0.4 is 0 Å². The van der Waals surface area contributed by atoms with Crippen molar-refractivity contribution in [2.75, 3.05) is 0 Å². The highest BCUT2D eigenvalue weighted by atomic mass is 32.1. The minimum Gasteiger partial charge on any atom is -0.382 e. The van der Waals surface area contributed by atoms with Crippen molar-refractivity contribution in [3.05, 3.63) is 51.5 Å². The molecule has 0 amide bonds. The van der Waals surface area contributed by atoms with Gasteiger partial charge in [-0.05, 0) is 13.0 Å². The Labute approximate surface area is 95.2 Å². The van der Waals surface area contributed by atoms with Gasteiger partial charge in [-0.3, -0.25) is 0 Å². The first-order chi connectivity index (χ1) is 7.59. The van der Waals surface area contributed by atoms with Gasteiger partial charge < -0.3 is 5.11 Å². The van der Waals surface area contributed by atoms with Gasteiger partial charge in [0.1, 0.15) is 6.10 Å². The maximum Gasteiger partial charge on any atom is 0.165 e. The number of nitrogens with zero attached hydrogens (tertiary/aromatic N) is 1. The van der Waals surface area contributed by atoms with Crippen molar-refractivity contribution < 1.29 is 13.9 Å². The summed E-state index contributed by atoms with van der Waals surface area (Å²) in [6.07, 6.45) is -1.22. The zero-order chi connectivity index (χ0) is 11.7. The van der Waals surface area contributed by atoms with E-state index in [0.29, 0.717) is 5.69 Å². The first-order valence-electron chi connectivity index (χ1n) is 4.63. The molecule has 1 heterocycles. The molecule has 84 valence electrons. The summed E-state index contributed by atoms with van der Waals surface area (Å²) >= 11 is 1.35. The van der Waals surface area contributed by atoms with Crippen molar-refractivity contribution in [1.82, 2.24) is 4.98 Å². The molecule has 0 aliphatic heterocycles. The molecule has 1 atom stereocenters. The van der Waals surface area contributed by atoms with Gasteiger partial charge in [0.05, 0.1) is 10.7 Å². The van der Waals surface area contributed by atoms with E-state index in [1.807, 2.05) is 0 Å². The summed E-state index contributed by atoms with van der Waals surface area (Å²) in [4.78, 5) is 4.04.